The third kappa shape index (κ3) is 4.39. The average Bonchev–Trinajstić information content (AvgIpc) is 2.16. The molecule has 15 heavy (non-hydrogen) atoms. The maximum Gasteiger partial charge on any atom is 0.220 e. The second kappa shape index (κ2) is 7.07. The first kappa shape index (κ1) is 14.7. The summed E-state index contributed by atoms with van der Waals surface area (Å²) in [7, 11) is 2.15. The van der Waals surface area contributed by atoms with E-state index in [9.17, 15) is 4.79 Å². The molecule has 0 spiro atoms. The molecule has 1 saturated heterocycles. The number of halogens is 1. The van der Waals surface area contributed by atoms with Crippen molar-refractivity contribution in [2.24, 2.45) is 11.7 Å². The SMILES string of the molecule is CCCCC1CC(C(N)=O)CCN1C.Cl. The highest BCUT2D eigenvalue weighted by Crippen LogP contribution is 2.24. The van der Waals surface area contributed by atoms with E-state index in [0.29, 0.717) is 6.04 Å². The van der Waals surface area contributed by atoms with Gasteiger partial charge in [0.25, 0.3) is 0 Å². The Morgan fingerprint density at radius 1 is 1.53 bits per heavy atom. The highest BCUT2D eigenvalue weighted by Gasteiger charge is 2.28. The van der Waals surface area contributed by atoms with Gasteiger partial charge < -0.3 is 10.6 Å². The van der Waals surface area contributed by atoms with Gasteiger partial charge in [-0.25, -0.2) is 0 Å². The molecule has 1 fully saturated rings. The Balaban J connectivity index is 0.00000196. The van der Waals surface area contributed by atoms with Gasteiger partial charge in [0.1, 0.15) is 0 Å². The van der Waals surface area contributed by atoms with Crippen LogP contribution in [0.25, 0.3) is 0 Å². The summed E-state index contributed by atoms with van der Waals surface area (Å²) >= 11 is 0. The number of nitrogens with zero attached hydrogens (tertiary/aromatic N) is 1. The number of primary amides is 1. The fourth-order valence-electron chi connectivity index (χ4n) is 2.20. The van der Waals surface area contributed by atoms with Crippen LogP contribution in [0.1, 0.15) is 39.0 Å². The number of nitrogens with two attached hydrogens (primary N) is 1. The zero-order valence-corrected chi connectivity index (χ0v) is 10.6. The summed E-state index contributed by atoms with van der Waals surface area (Å²) in [5, 5.41) is 0. The zero-order valence-electron chi connectivity index (χ0n) is 9.74. The largest absolute Gasteiger partial charge is 0.369 e. The first-order chi connectivity index (χ1) is 6.65. The molecule has 0 saturated carbocycles. The third-order valence-corrected chi connectivity index (χ3v) is 3.30. The Morgan fingerprint density at radius 3 is 2.73 bits per heavy atom. The minimum Gasteiger partial charge on any atom is -0.369 e. The van der Waals surface area contributed by atoms with E-state index in [-0.39, 0.29) is 24.2 Å². The van der Waals surface area contributed by atoms with Gasteiger partial charge >= 0.3 is 0 Å². The second-order valence-electron chi connectivity index (χ2n) is 4.40. The van der Waals surface area contributed by atoms with Crippen LogP contribution in [-0.4, -0.2) is 30.4 Å². The monoisotopic (exact) mass is 234 g/mol. The van der Waals surface area contributed by atoms with E-state index < -0.39 is 0 Å². The lowest BCUT2D eigenvalue weighted by molar-refractivity contribution is -0.123. The number of likely N-dealkylation sites (tertiary alicyclic amines) is 1. The summed E-state index contributed by atoms with van der Waals surface area (Å²) < 4.78 is 0. The standard InChI is InChI=1S/C11H22N2O.ClH/c1-3-4-5-10-8-9(11(12)14)6-7-13(10)2;/h9-10H,3-8H2,1-2H3,(H2,12,14);1H. The van der Waals surface area contributed by atoms with E-state index >= 15 is 0 Å². The van der Waals surface area contributed by atoms with E-state index in [2.05, 4.69) is 18.9 Å². The molecule has 90 valence electrons. The number of rotatable bonds is 4. The minimum absolute atomic E-state index is 0. The molecule has 0 aromatic heterocycles. The molecule has 0 radical (unpaired) electrons. The molecule has 1 amide bonds. The lowest BCUT2D eigenvalue weighted by atomic mass is 9.88. The van der Waals surface area contributed by atoms with Crippen LogP contribution in [0, 0.1) is 5.92 Å². The zero-order chi connectivity index (χ0) is 10.6. The summed E-state index contributed by atoms with van der Waals surface area (Å²) in [4.78, 5) is 13.5. The molecule has 4 heteroatoms. The Morgan fingerprint density at radius 2 is 2.20 bits per heavy atom. The summed E-state index contributed by atoms with van der Waals surface area (Å²) in [5.41, 5.74) is 5.35. The van der Waals surface area contributed by atoms with Crippen molar-refractivity contribution in [3.8, 4) is 0 Å². The summed E-state index contributed by atoms with van der Waals surface area (Å²) in [5.74, 6) is 0.00709. The summed E-state index contributed by atoms with van der Waals surface area (Å²) in [6, 6.07) is 0.571. The van der Waals surface area contributed by atoms with Gasteiger partial charge in [0.2, 0.25) is 5.91 Å². The van der Waals surface area contributed by atoms with Crippen molar-refractivity contribution < 1.29 is 4.79 Å². The van der Waals surface area contributed by atoms with Crippen molar-refractivity contribution in [2.75, 3.05) is 13.6 Å². The van der Waals surface area contributed by atoms with E-state index in [1.54, 1.807) is 0 Å². The van der Waals surface area contributed by atoms with Crippen molar-refractivity contribution in [1.82, 2.24) is 4.90 Å². The lowest BCUT2D eigenvalue weighted by Crippen LogP contribution is -2.43. The molecule has 2 unspecified atom stereocenters. The maximum absolute atomic E-state index is 11.1. The smallest absolute Gasteiger partial charge is 0.220 e. The Labute approximate surface area is 98.8 Å². The van der Waals surface area contributed by atoms with Gasteiger partial charge in [-0.3, -0.25) is 4.79 Å². The molecule has 1 heterocycles. The first-order valence-corrected chi connectivity index (χ1v) is 5.64. The number of piperidine rings is 1. The number of unbranched alkanes of at least 4 members (excludes halogenated alkanes) is 1. The first-order valence-electron chi connectivity index (χ1n) is 5.64. The number of hydrogen-bond acceptors (Lipinski definition) is 2. The summed E-state index contributed by atoms with van der Waals surface area (Å²) in [6.45, 7) is 3.22. The van der Waals surface area contributed by atoms with Crippen molar-refractivity contribution in [1.29, 1.82) is 0 Å². The number of carbonyl (C=O) groups is 1. The number of carbonyl (C=O) groups excluding carboxylic acids is 1. The van der Waals surface area contributed by atoms with Gasteiger partial charge in [0.05, 0.1) is 0 Å². The molecule has 0 bridgehead atoms. The lowest BCUT2D eigenvalue weighted by Gasteiger charge is -2.36. The van der Waals surface area contributed by atoms with E-state index in [1.165, 1.54) is 19.3 Å². The molecule has 0 aromatic carbocycles. The van der Waals surface area contributed by atoms with Gasteiger partial charge in [-0.2, -0.15) is 0 Å². The third-order valence-electron chi connectivity index (χ3n) is 3.30. The van der Waals surface area contributed by atoms with Crippen LogP contribution in [0.5, 0.6) is 0 Å². The van der Waals surface area contributed by atoms with Gasteiger partial charge in [-0.15, -0.1) is 12.4 Å². The van der Waals surface area contributed by atoms with Gasteiger partial charge in [0, 0.05) is 12.0 Å². The highest BCUT2D eigenvalue weighted by atomic mass is 35.5. The Bertz CT molecular complexity index is 199. The average molecular weight is 235 g/mol. The van der Waals surface area contributed by atoms with Crippen LogP contribution in [-0.2, 0) is 4.79 Å². The van der Waals surface area contributed by atoms with Crippen molar-refractivity contribution in [3.63, 3.8) is 0 Å². The molecule has 0 aromatic rings. The molecule has 0 aliphatic carbocycles. The minimum atomic E-state index is -0.111. The summed E-state index contributed by atoms with van der Waals surface area (Å²) in [6.07, 6.45) is 5.59. The highest BCUT2D eigenvalue weighted by molar-refractivity contribution is 5.85. The molecule has 3 nitrogen and oxygen atoms in total. The van der Waals surface area contributed by atoms with Crippen LogP contribution < -0.4 is 5.73 Å². The van der Waals surface area contributed by atoms with Gasteiger partial charge in [-0.1, -0.05) is 19.8 Å². The predicted molar refractivity (Wildman–Crippen MR) is 65.1 cm³/mol. The van der Waals surface area contributed by atoms with Crippen LogP contribution in [0.3, 0.4) is 0 Å². The fourth-order valence-corrected chi connectivity index (χ4v) is 2.20. The van der Waals surface area contributed by atoms with Crippen molar-refractivity contribution >= 4 is 18.3 Å². The molecule has 1 aliphatic rings. The van der Waals surface area contributed by atoms with Gasteiger partial charge in [0.15, 0.2) is 0 Å². The molecule has 2 atom stereocenters. The molecular weight excluding hydrogens is 212 g/mol. The van der Waals surface area contributed by atoms with Crippen molar-refractivity contribution in [2.45, 2.75) is 45.1 Å². The van der Waals surface area contributed by atoms with E-state index in [4.69, 9.17) is 5.73 Å². The number of hydrogen-bond donors (Lipinski definition) is 1. The van der Waals surface area contributed by atoms with Crippen LogP contribution >= 0.6 is 12.4 Å². The molecule has 1 rings (SSSR count). The predicted octanol–water partition coefficient (Wildman–Crippen LogP) is 1.79. The quantitative estimate of drug-likeness (QED) is 0.806. The number of amides is 1. The Hall–Kier alpha value is -0.280. The Kier molecular flexibility index (Phi) is 6.94. The van der Waals surface area contributed by atoms with Crippen molar-refractivity contribution in [3.05, 3.63) is 0 Å². The van der Waals surface area contributed by atoms with Crippen LogP contribution in [0.15, 0.2) is 0 Å². The normalized spacial score (nSPS) is 27.1. The second-order valence-corrected chi connectivity index (χ2v) is 4.40. The fraction of sp³-hybridized carbons (Fsp3) is 0.909. The van der Waals surface area contributed by atoms with Gasteiger partial charge in [-0.05, 0) is 32.9 Å². The molecule has 2 N–H and O–H groups in total. The van der Waals surface area contributed by atoms with Crippen LogP contribution in [0.2, 0.25) is 0 Å². The molecular formula is C11H23ClN2O. The van der Waals surface area contributed by atoms with Crippen LogP contribution in [0.4, 0.5) is 0 Å². The van der Waals surface area contributed by atoms with E-state index in [1.807, 2.05) is 0 Å². The maximum atomic E-state index is 11.1. The molecule has 1 aliphatic heterocycles. The van der Waals surface area contributed by atoms with E-state index in [0.717, 1.165) is 19.4 Å². The topological polar surface area (TPSA) is 46.3 Å².